The Kier molecular flexibility index (Phi) is 5.22. The highest BCUT2D eigenvalue weighted by molar-refractivity contribution is 9.10. The molecule has 1 aromatic rings. The summed E-state index contributed by atoms with van der Waals surface area (Å²) in [6.07, 6.45) is 2.50. The molecule has 0 radical (unpaired) electrons. The summed E-state index contributed by atoms with van der Waals surface area (Å²) in [5.74, 6) is 0. The number of hydrogen-bond acceptors (Lipinski definition) is 2. The molecule has 3 heteroatoms. The number of nitrogens with one attached hydrogen (secondary N) is 1. The van der Waals surface area contributed by atoms with Crippen LogP contribution in [0.1, 0.15) is 38.3 Å². The fraction of sp³-hybridized carbons (Fsp3) is 0.600. The molecule has 0 aromatic heterocycles. The molecule has 18 heavy (non-hydrogen) atoms. The zero-order chi connectivity index (χ0) is 13.0. The number of rotatable bonds is 5. The molecule has 2 rings (SSSR count). The van der Waals surface area contributed by atoms with E-state index in [0.717, 1.165) is 6.54 Å². The number of likely N-dealkylation sites (tertiary alicyclic amines) is 1. The smallest absolute Gasteiger partial charge is 0.0320 e. The Morgan fingerprint density at radius 3 is 3.06 bits per heavy atom. The van der Waals surface area contributed by atoms with Crippen molar-refractivity contribution < 1.29 is 0 Å². The fourth-order valence-electron chi connectivity index (χ4n) is 2.63. The van der Waals surface area contributed by atoms with Gasteiger partial charge >= 0.3 is 0 Å². The summed E-state index contributed by atoms with van der Waals surface area (Å²) in [4.78, 5) is 2.58. The van der Waals surface area contributed by atoms with Gasteiger partial charge in [0.25, 0.3) is 0 Å². The molecule has 1 saturated heterocycles. The Morgan fingerprint density at radius 1 is 1.50 bits per heavy atom. The Bertz CT molecular complexity index is 381. The minimum atomic E-state index is 0.510. The normalized spacial score (nSPS) is 22.3. The molecule has 2 atom stereocenters. The van der Waals surface area contributed by atoms with Gasteiger partial charge in [0.1, 0.15) is 0 Å². The lowest BCUT2D eigenvalue weighted by Gasteiger charge is -2.25. The van der Waals surface area contributed by atoms with E-state index >= 15 is 0 Å². The lowest BCUT2D eigenvalue weighted by molar-refractivity contribution is 0.256. The average Bonchev–Trinajstić information content (AvgIpc) is 2.84. The number of benzene rings is 1. The first-order valence-electron chi connectivity index (χ1n) is 6.93. The van der Waals surface area contributed by atoms with Crippen molar-refractivity contribution in [2.24, 2.45) is 0 Å². The van der Waals surface area contributed by atoms with Gasteiger partial charge in [-0.3, -0.25) is 4.90 Å². The maximum absolute atomic E-state index is 3.63. The Hall–Kier alpha value is -0.380. The van der Waals surface area contributed by atoms with Gasteiger partial charge in [-0.15, -0.1) is 0 Å². The van der Waals surface area contributed by atoms with Gasteiger partial charge in [0.15, 0.2) is 0 Å². The average molecular weight is 311 g/mol. The van der Waals surface area contributed by atoms with E-state index in [9.17, 15) is 0 Å². The minimum absolute atomic E-state index is 0.510. The SMILES string of the molecule is CCCNC1CCN(C(C)c2cccc(Br)c2)C1. The molecule has 1 fully saturated rings. The van der Waals surface area contributed by atoms with Gasteiger partial charge in [0.05, 0.1) is 0 Å². The van der Waals surface area contributed by atoms with Gasteiger partial charge in [0.2, 0.25) is 0 Å². The lowest BCUT2D eigenvalue weighted by Crippen LogP contribution is -2.33. The molecule has 0 spiro atoms. The minimum Gasteiger partial charge on any atom is -0.313 e. The van der Waals surface area contributed by atoms with Gasteiger partial charge in [0, 0.05) is 29.6 Å². The largest absolute Gasteiger partial charge is 0.313 e. The number of hydrogen-bond donors (Lipinski definition) is 1. The van der Waals surface area contributed by atoms with Gasteiger partial charge < -0.3 is 5.32 Å². The van der Waals surface area contributed by atoms with Crippen molar-refractivity contribution in [2.75, 3.05) is 19.6 Å². The lowest BCUT2D eigenvalue weighted by atomic mass is 10.1. The second-order valence-electron chi connectivity index (χ2n) is 5.17. The Labute approximate surface area is 119 Å². The van der Waals surface area contributed by atoms with Crippen molar-refractivity contribution in [3.05, 3.63) is 34.3 Å². The van der Waals surface area contributed by atoms with E-state index < -0.39 is 0 Å². The highest BCUT2D eigenvalue weighted by atomic mass is 79.9. The van der Waals surface area contributed by atoms with Crippen LogP contribution in [0.4, 0.5) is 0 Å². The van der Waals surface area contributed by atoms with Crippen LogP contribution in [0.3, 0.4) is 0 Å². The standard InChI is InChI=1S/C15H23BrN2/c1-3-8-17-15-7-9-18(11-15)12(2)13-5-4-6-14(16)10-13/h4-6,10,12,15,17H,3,7-9,11H2,1-2H3. The van der Waals surface area contributed by atoms with Crippen LogP contribution < -0.4 is 5.32 Å². The van der Waals surface area contributed by atoms with Crippen molar-refractivity contribution in [1.29, 1.82) is 0 Å². The number of nitrogens with zero attached hydrogens (tertiary/aromatic N) is 1. The van der Waals surface area contributed by atoms with Crippen molar-refractivity contribution in [3.8, 4) is 0 Å². The topological polar surface area (TPSA) is 15.3 Å². The van der Waals surface area contributed by atoms with Crippen molar-refractivity contribution in [2.45, 2.75) is 38.8 Å². The maximum Gasteiger partial charge on any atom is 0.0320 e. The molecule has 1 heterocycles. The molecule has 0 amide bonds. The third-order valence-corrected chi connectivity index (χ3v) is 4.27. The third kappa shape index (κ3) is 3.56. The van der Waals surface area contributed by atoms with E-state index in [1.807, 2.05) is 0 Å². The molecule has 0 saturated carbocycles. The van der Waals surface area contributed by atoms with Crippen LogP contribution in [0, 0.1) is 0 Å². The molecule has 1 N–H and O–H groups in total. The van der Waals surface area contributed by atoms with Crippen LogP contribution >= 0.6 is 15.9 Å². The van der Waals surface area contributed by atoms with Crippen LogP contribution in [0.5, 0.6) is 0 Å². The van der Waals surface area contributed by atoms with E-state index in [1.165, 1.54) is 36.0 Å². The van der Waals surface area contributed by atoms with Crippen LogP contribution in [-0.2, 0) is 0 Å². The third-order valence-electron chi connectivity index (χ3n) is 3.78. The van der Waals surface area contributed by atoms with Crippen LogP contribution in [-0.4, -0.2) is 30.6 Å². The van der Waals surface area contributed by atoms with Gasteiger partial charge in [-0.25, -0.2) is 0 Å². The van der Waals surface area contributed by atoms with E-state index in [4.69, 9.17) is 0 Å². The summed E-state index contributed by atoms with van der Waals surface area (Å²) in [5.41, 5.74) is 1.40. The Balaban J connectivity index is 1.92. The first-order valence-corrected chi connectivity index (χ1v) is 7.73. The molecule has 1 aromatic carbocycles. The van der Waals surface area contributed by atoms with Gasteiger partial charge in [-0.1, -0.05) is 35.0 Å². The Morgan fingerprint density at radius 2 is 2.33 bits per heavy atom. The zero-order valence-corrected chi connectivity index (χ0v) is 12.9. The molecule has 0 aliphatic carbocycles. The predicted molar refractivity (Wildman–Crippen MR) is 80.8 cm³/mol. The summed E-state index contributed by atoms with van der Waals surface area (Å²) in [6, 6.07) is 9.86. The van der Waals surface area contributed by atoms with E-state index in [-0.39, 0.29) is 0 Å². The van der Waals surface area contributed by atoms with Crippen LogP contribution in [0.25, 0.3) is 0 Å². The quantitative estimate of drug-likeness (QED) is 0.894. The van der Waals surface area contributed by atoms with Gasteiger partial charge in [-0.2, -0.15) is 0 Å². The molecule has 1 aliphatic heterocycles. The second-order valence-corrected chi connectivity index (χ2v) is 6.08. The highest BCUT2D eigenvalue weighted by Crippen LogP contribution is 2.26. The summed E-state index contributed by atoms with van der Waals surface area (Å²) >= 11 is 3.55. The van der Waals surface area contributed by atoms with Crippen molar-refractivity contribution in [1.82, 2.24) is 10.2 Å². The second kappa shape index (κ2) is 6.69. The first kappa shape index (κ1) is 14.0. The molecule has 1 aliphatic rings. The summed E-state index contributed by atoms with van der Waals surface area (Å²) < 4.78 is 1.17. The molecular weight excluding hydrogens is 288 g/mol. The highest BCUT2D eigenvalue weighted by Gasteiger charge is 2.26. The summed E-state index contributed by atoms with van der Waals surface area (Å²) in [6.45, 7) is 8.06. The molecule has 2 nitrogen and oxygen atoms in total. The maximum atomic E-state index is 3.63. The van der Waals surface area contributed by atoms with E-state index in [2.05, 4.69) is 64.3 Å². The van der Waals surface area contributed by atoms with E-state index in [0.29, 0.717) is 12.1 Å². The number of halogens is 1. The van der Waals surface area contributed by atoms with Gasteiger partial charge in [-0.05, 0) is 44.0 Å². The molecular formula is C15H23BrN2. The van der Waals surface area contributed by atoms with Crippen molar-refractivity contribution in [3.63, 3.8) is 0 Å². The zero-order valence-electron chi connectivity index (χ0n) is 11.3. The summed E-state index contributed by atoms with van der Waals surface area (Å²) in [7, 11) is 0. The summed E-state index contributed by atoms with van der Waals surface area (Å²) in [5, 5.41) is 3.63. The van der Waals surface area contributed by atoms with Crippen LogP contribution in [0.15, 0.2) is 28.7 Å². The molecule has 100 valence electrons. The molecule has 0 bridgehead atoms. The monoisotopic (exact) mass is 310 g/mol. The first-order chi connectivity index (χ1) is 8.70. The predicted octanol–water partition coefficient (Wildman–Crippen LogP) is 3.58. The van der Waals surface area contributed by atoms with Crippen LogP contribution in [0.2, 0.25) is 0 Å². The van der Waals surface area contributed by atoms with E-state index in [1.54, 1.807) is 0 Å². The molecule has 2 unspecified atom stereocenters. The van der Waals surface area contributed by atoms with Crippen molar-refractivity contribution >= 4 is 15.9 Å². The fourth-order valence-corrected chi connectivity index (χ4v) is 3.05.